The molecule has 10 heteroatoms. The number of esters is 2. The maximum absolute atomic E-state index is 13.0. The highest BCUT2D eigenvalue weighted by Crippen LogP contribution is 2.35. The summed E-state index contributed by atoms with van der Waals surface area (Å²) in [6, 6.07) is 0. The van der Waals surface area contributed by atoms with E-state index in [-0.39, 0.29) is 39.9 Å². The Morgan fingerprint density at radius 3 is 1.32 bits per heavy atom. The van der Waals surface area contributed by atoms with Crippen LogP contribution in [0.15, 0.2) is 0 Å². The van der Waals surface area contributed by atoms with Crippen molar-refractivity contribution in [1.82, 2.24) is 9.80 Å². The van der Waals surface area contributed by atoms with Gasteiger partial charge in [0.2, 0.25) is 6.79 Å². The van der Waals surface area contributed by atoms with E-state index < -0.39 is 42.4 Å². The maximum atomic E-state index is 13.0. The lowest BCUT2D eigenvalue weighted by atomic mass is 9.89. The van der Waals surface area contributed by atoms with E-state index in [9.17, 15) is 28.8 Å². The second kappa shape index (κ2) is 9.20. The molecule has 0 fully saturated rings. The lowest BCUT2D eigenvalue weighted by Gasteiger charge is -2.17. The van der Waals surface area contributed by atoms with E-state index in [0.717, 1.165) is 9.80 Å². The largest absolute Gasteiger partial charge is 0.424 e. The molecule has 2 heterocycles. The van der Waals surface area contributed by atoms with E-state index in [1.165, 1.54) is 7.05 Å². The molecule has 0 aromatic heterocycles. The second-order valence-electron chi connectivity index (χ2n) is 9.51. The number of hydrogen-bond donors (Lipinski definition) is 0. The van der Waals surface area contributed by atoms with Gasteiger partial charge in [0.05, 0.1) is 33.4 Å². The smallest absolute Gasteiger partial charge is 0.341 e. The molecule has 10 nitrogen and oxygen atoms in total. The molecule has 2 aliphatic rings. The molecule has 2 aromatic carbocycles. The molecule has 0 spiro atoms. The van der Waals surface area contributed by atoms with Crippen LogP contribution in [0.1, 0.15) is 102 Å². The summed E-state index contributed by atoms with van der Waals surface area (Å²) in [5.74, 6) is -3.42. The zero-order valence-corrected chi connectivity index (χ0v) is 22.6. The number of rotatable bonds is 5. The Balaban J connectivity index is 1.59. The predicted octanol–water partition coefficient (Wildman–Crippen LogP) is 3.35. The van der Waals surface area contributed by atoms with E-state index in [1.54, 1.807) is 48.5 Å². The standard InChI is InChI=1S/C28H28N2O8/c1-9-30-25(33)20-14(5)12(3)18(16(7)22(20)26(30)34)28(36)38-10-37-27(35)17-11(2)13(4)19-21(15(17)6)24(32)29(8)23(19)31/h9-10H2,1-8H3. The fraction of sp³-hybridized carbons (Fsp3) is 0.357. The molecule has 0 atom stereocenters. The van der Waals surface area contributed by atoms with Crippen molar-refractivity contribution < 1.29 is 38.2 Å². The van der Waals surface area contributed by atoms with Gasteiger partial charge in [-0.3, -0.25) is 29.0 Å². The van der Waals surface area contributed by atoms with Crippen molar-refractivity contribution in [3.8, 4) is 0 Å². The number of carbonyl (C=O) groups is 6. The number of fused-ring (bicyclic) bond motifs is 2. The molecular formula is C28H28N2O8. The molecule has 0 aliphatic carbocycles. The van der Waals surface area contributed by atoms with E-state index in [1.807, 2.05) is 0 Å². The Morgan fingerprint density at radius 2 is 0.921 bits per heavy atom. The first-order valence-electron chi connectivity index (χ1n) is 12.1. The maximum Gasteiger partial charge on any atom is 0.341 e. The molecule has 38 heavy (non-hydrogen) atoms. The van der Waals surface area contributed by atoms with Gasteiger partial charge in [-0.2, -0.15) is 0 Å². The number of amides is 4. The van der Waals surface area contributed by atoms with Gasteiger partial charge in [0.1, 0.15) is 0 Å². The van der Waals surface area contributed by atoms with Crippen molar-refractivity contribution in [2.75, 3.05) is 20.4 Å². The van der Waals surface area contributed by atoms with Crippen LogP contribution in [0.25, 0.3) is 0 Å². The topological polar surface area (TPSA) is 127 Å². The van der Waals surface area contributed by atoms with Crippen molar-refractivity contribution in [2.24, 2.45) is 0 Å². The minimum atomic E-state index is -0.813. The summed E-state index contributed by atoms with van der Waals surface area (Å²) in [7, 11) is 1.38. The normalized spacial score (nSPS) is 14.3. The molecule has 2 aromatic rings. The van der Waals surface area contributed by atoms with Gasteiger partial charge in [-0.15, -0.1) is 0 Å². The molecule has 2 aliphatic heterocycles. The quantitative estimate of drug-likeness (QED) is 0.334. The van der Waals surface area contributed by atoms with Gasteiger partial charge in [0.15, 0.2) is 0 Å². The molecule has 4 amide bonds. The van der Waals surface area contributed by atoms with Gasteiger partial charge < -0.3 is 9.47 Å². The van der Waals surface area contributed by atoms with Gasteiger partial charge in [-0.05, 0) is 81.8 Å². The molecule has 0 bridgehead atoms. The summed E-state index contributed by atoms with van der Waals surface area (Å²) in [5, 5.41) is 0. The van der Waals surface area contributed by atoms with Gasteiger partial charge in [-0.25, -0.2) is 9.59 Å². The Morgan fingerprint density at radius 1 is 0.579 bits per heavy atom. The number of nitrogens with zero attached hydrogens (tertiary/aromatic N) is 2. The average Bonchev–Trinajstić information content (AvgIpc) is 3.25. The molecule has 0 unspecified atom stereocenters. The van der Waals surface area contributed by atoms with E-state index in [4.69, 9.17) is 9.47 Å². The fourth-order valence-electron chi connectivity index (χ4n) is 5.35. The number of benzene rings is 2. The van der Waals surface area contributed by atoms with Gasteiger partial charge in [-0.1, -0.05) is 0 Å². The average molecular weight is 521 g/mol. The second-order valence-corrected chi connectivity index (χ2v) is 9.51. The molecule has 0 saturated heterocycles. The van der Waals surface area contributed by atoms with Crippen LogP contribution in [-0.4, -0.2) is 65.8 Å². The zero-order chi connectivity index (χ0) is 28.4. The third-order valence-corrected chi connectivity index (χ3v) is 7.68. The van der Waals surface area contributed by atoms with Crippen LogP contribution >= 0.6 is 0 Å². The van der Waals surface area contributed by atoms with Crippen LogP contribution in [0.3, 0.4) is 0 Å². The Labute approximate surface area is 219 Å². The number of ether oxygens (including phenoxy) is 2. The predicted molar refractivity (Wildman–Crippen MR) is 134 cm³/mol. The number of carbonyl (C=O) groups excluding carboxylic acids is 6. The third-order valence-electron chi connectivity index (χ3n) is 7.68. The molecule has 0 saturated carbocycles. The van der Waals surface area contributed by atoms with E-state index in [2.05, 4.69) is 0 Å². The monoisotopic (exact) mass is 520 g/mol. The first kappa shape index (κ1) is 26.7. The molecule has 0 radical (unpaired) electrons. The minimum absolute atomic E-state index is 0.123. The summed E-state index contributed by atoms with van der Waals surface area (Å²) in [4.78, 5) is 78.8. The molecular weight excluding hydrogens is 492 g/mol. The van der Waals surface area contributed by atoms with E-state index in [0.29, 0.717) is 33.4 Å². The van der Waals surface area contributed by atoms with Crippen LogP contribution < -0.4 is 0 Å². The Bertz CT molecular complexity index is 1520. The van der Waals surface area contributed by atoms with Crippen LogP contribution in [-0.2, 0) is 9.47 Å². The molecule has 198 valence electrons. The van der Waals surface area contributed by atoms with Gasteiger partial charge >= 0.3 is 11.9 Å². The van der Waals surface area contributed by atoms with Crippen molar-refractivity contribution in [1.29, 1.82) is 0 Å². The minimum Gasteiger partial charge on any atom is -0.424 e. The molecule has 0 N–H and O–H groups in total. The number of hydrogen-bond acceptors (Lipinski definition) is 8. The summed E-state index contributed by atoms with van der Waals surface area (Å²) >= 11 is 0. The number of imide groups is 2. The lowest BCUT2D eigenvalue weighted by molar-refractivity contribution is -0.0169. The van der Waals surface area contributed by atoms with Crippen LogP contribution in [0.4, 0.5) is 0 Å². The summed E-state index contributed by atoms with van der Waals surface area (Å²) in [6.07, 6.45) is 0. The van der Waals surface area contributed by atoms with Gasteiger partial charge in [0, 0.05) is 13.6 Å². The third kappa shape index (κ3) is 3.54. The van der Waals surface area contributed by atoms with Crippen molar-refractivity contribution in [3.05, 3.63) is 66.8 Å². The van der Waals surface area contributed by atoms with Crippen molar-refractivity contribution in [3.63, 3.8) is 0 Å². The van der Waals surface area contributed by atoms with Crippen LogP contribution in [0.5, 0.6) is 0 Å². The highest BCUT2D eigenvalue weighted by Gasteiger charge is 2.41. The Hall–Kier alpha value is -4.34. The molecule has 4 rings (SSSR count). The van der Waals surface area contributed by atoms with E-state index >= 15 is 0 Å². The Kier molecular flexibility index (Phi) is 6.47. The lowest BCUT2D eigenvalue weighted by Crippen LogP contribution is -2.29. The SMILES string of the molecule is CCN1C(=O)c2c(C)c(C)c(C(=O)OCOC(=O)c3c(C)c(C)c4c(c3C)C(=O)N(C)C4=O)c(C)c2C1=O. The summed E-state index contributed by atoms with van der Waals surface area (Å²) in [6.45, 7) is 11.0. The van der Waals surface area contributed by atoms with Crippen molar-refractivity contribution >= 4 is 35.6 Å². The summed E-state index contributed by atoms with van der Waals surface area (Å²) < 4.78 is 10.5. The highest BCUT2D eigenvalue weighted by atomic mass is 16.7. The van der Waals surface area contributed by atoms with Gasteiger partial charge in [0.25, 0.3) is 23.6 Å². The highest BCUT2D eigenvalue weighted by molar-refractivity contribution is 6.24. The first-order valence-corrected chi connectivity index (χ1v) is 12.1. The zero-order valence-electron chi connectivity index (χ0n) is 22.6. The fourth-order valence-corrected chi connectivity index (χ4v) is 5.35. The first-order chi connectivity index (χ1) is 17.8. The summed E-state index contributed by atoms with van der Waals surface area (Å²) in [5.41, 5.74) is 3.75. The van der Waals surface area contributed by atoms with Crippen LogP contribution in [0.2, 0.25) is 0 Å². The van der Waals surface area contributed by atoms with Crippen molar-refractivity contribution in [2.45, 2.75) is 48.5 Å². The van der Waals surface area contributed by atoms with Crippen LogP contribution in [0, 0.1) is 41.5 Å².